The van der Waals surface area contributed by atoms with Crippen LogP contribution in [0.1, 0.15) is 17.3 Å². The molecule has 0 saturated carbocycles. The zero-order valence-corrected chi connectivity index (χ0v) is 14.8. The first-order valence-electron chi connectivity index (χ1n) is 8.07. The van der Waals surface area contributed by atoms with E-state index in [1.807, 2.05) is 6.07 Å². The number of pyridine rings is 2. The molecule has 0 amide bonds. The van der Waals surface area contributed by atoms with E-state index in [-0.39, 0.29) is 17.9 Å². The zero-order chi connectivity index (χ0) is 18.8. The lowest BCUT2D eigenvalue weighted by Gasteiger charge is -2.16. The number of esters is 1. The molecule has 3 aromatic rings. The van der Waals surface area contributed by atoms with Crippen LogP contribution >= 0.6 is 0 Å². The summed E-state index contributed by atoms with van der Waals surface area (Å²) in [6, 6.07) is 7.16. The molecule has 2 heterocycles. The van der Waals surface area contributed by atoms with E-state index in [2.05, 4.69) is 4.98 Å². The molecule has 1 aromatic carbocycles. The van der Waals surface area contributed by atoms with Gasteiger partial charge in [-0.1, -0.05) is 18.2 Å². The first-order chi connectivity index (χ1) is 12.5. The monoisotopic (exact) mass is 353 g/mol. The van der Waals surface area contributed by atoms with Crippen LogP contribution in [0.2, 0.25) is 0 Å². The minimum atomic E-state index is -0.725. The largest absolute Gasteiger partial charge is 0.496 e. The quantitative estimate of drug-likeness (QED) is 0.723. The highest BCUT2D eigenvalue weighted by atomic mass is 16.5. The highest BCUT2D eigenvalue weighted by Gasteiger charge is 2.22. The van der Waals surface area contributed by atoms with Crippen LogP contribution in [0.25, 0.3) is 22.0 Å². The molecule has 7 heteroatoms. The summed E-state index contributed by atoms with van der Waals surface area (Å²) in [4.78, 5) is 29.1. The Morgan fingerprint density at radius 1 is 1.27 bits per heavy atom. The van der Waals surface area contributed by atoms with E-state index in [0.29, 0.717) is 16.7 Å². The van der Waals surface area contributed by atoms with E-state index in [0.717, 1.165) is 11.1 Å². The third-order valence-electron chi connectivity index (χ3n) is 4.22. The molecule has 7 nitrogen and oxygen atoms in total. The van der Waals surface area contributed by atoms with Crippen molar-refractivity contribution in [2.75, 3.05) is 19.5 Å². The van der Waals surface area contributed by atoms with E-state index in [1.165, 1.54) is 4.57 Å². The number of hydrogen-bond acceptors (Lipinski definition) is 6. The third-order valence-corrected chi connectivity index (χ3v) is 4.22. The van der Waals surface area contributed by atoms with Crippen molar-refractivity contribution >= 4 is 22.6 Å². The van der Waals surface area contributed by atoms with Crippen molar-refractivity contribution in [3.63, 3.8) is 0 Å². The average Bonchev–Trinajstić information content (AvgIpc) is 2.66. The van der Waals surface area contributed by atoms with Gasteiger partial charge in [-0.3, -0.25) is 9.78 Å². The number of fused-ring (bicyclic) bond motifs is 1. The maximum absolute atomic E-state index is 12.8. The molecular formula is C19H19N3O4. The number of ether oxygens (including phenoxy) is 2. The highest BCUT2D eigenvalue weighted by molar-refractivity contribution is 6.08. The fraction of sp³-hybridized carbons (Fsp3) is 0.211. The predicted molar refractivity (Wildman–Crippen MR) is 99.3 cm³/mol. The number of aromatic nitrogens is 2. The van der Waals surface area contributed by atoms with Gasteiger partial charge >= 0.3 is 5.97 Å². The molecule has 2 N–H and O–H groups in total. The SMILES string of the molecule is CCOC(=O)c1c(N)c2cccc(-c3cnccc3OC)c2n(C)c1=O. The molecule has 26 heavy (non-hydrogen) atoms. The van der Waals surface area contributed by atoms with Crippen molar-refractivity contribution in [2.24, 2.45) is 7.05 Å². The second-order valence-corrected chi connectivity index (χ2v) is 5.65. The number of carbonyl (C=O) groups excluding carboxylic acids is 1. The molecule has 0 aliphatic rings. The molecule has 0 radical (unpaired) electrons. The molecule has 0 atom stereocenters. The Hall–Kier alpha value is -3.35. The van der Waals surface area contributed by atoms with Crippen molar-refractivity contribution < 1.29 is 14.3 Å². The Morgan fingerprint density at radius 2 is 2.04 bits per heavy atom. The van der Waals surface area contributed by atoms with Crippen LogP contribution in [0.5, 0.6) is 5.75 Å². The zero-order valence-electron chi connectivity index (χ0n) is 14.8. The summed E-state index contributed by atoms with van der Waals surface area (Å²) >= 11 is 0. The molecule has 0 spiro atoms. The number of methoxy groups -OCH3 is 1. The van der Waals surface area contributed by atoms with Gasteiger partial charge in [0.25, 0.3) is 5.56 Å². The van der Waals surface area contributed by atoms with Crippen molar-refractivity contribution in [1.29, 1.82) is 0 Å². The normalized spacial score (nSPS) is 10.7. The lowest BCUT2D eigenvalue weighted by Crippen LogP contribution is -2.28. The van der Waals surface area contributed by atoms with E-state index in [1.54, 1.807) is 51.7 Å². The lowest BCUT2D eigenvalue weighted by atomic mass is 10.00. The Balaban J connectivity index is 2.40. The predicted octanol–water partition coefficient (Wildman–Crippen LogP) is 2.37. The Bertz CT molecular complexity index is 1060. The van der Waals surface area contributed by atoms with Crippen LogP contribution in [0, 0.1) is 0 Å². The topological polar surface area (TPSA) is 96.4 Å². The van der Waals surface area contributed by atoms with Gasteiger partial charge in [0.15, 0.2) is 0 Å². The Labute approximate surface area is 150 Å². The van der Waals surface area contributed by atoms with E-state index in [4.69, 9.17) is 15.2 Å². The number of nitrogen functional groups attached to an aromatic ring is 1. The lowest BCUT2D eigenvalue weighted by molar-refractivity contribution is 0.0525. The van der Waals surface area contributed by atoms with Crippen LogP contribution in [0.15, 0.2) is 41.5 Å². The standard InChI is InChI=1S/C19H19N3O4/c1-4-26-19(24)15-16(20)12-7-5-6-11(17(12)22(2)18(15)23)13-10-21-9-8-14(13)25-3/h5-10H,4,20H2,1-3H3. The van der Waals surface area contributed by atoms with Gasteiger partial charge < -0.3 is 19.8 Å². The molecule has 2 aromatic heterocycles. The number of benzene rings is 1. The number of carbonyl (C=O) groups is 1. The van der Waals surface area contributed by atoms with Gasteiger partial charge in [-0.25, -0.2) is 4.79 Å². The van der Waals surface area contributed by atoms with Crippen LogP contribution in [0.4, 0.5) is 5.69 Å². The summed E-state index contributed by atoms with van der Waals surface area (Å²) in [6.45, 7) is 1.83. The molecule has 0 bridgehead atoms. The maximum Gasteiger partial charge on any atom is 0.345 e. The summed E-state index contributed by atoms with van der Waals surface area (Å²) in [5.41, 5.74) is 7.66. The van der Waals surface area contributed by atoms with Crippen LogP contribution in [-0.4, -0.2) is 29.2 Å². The molecule has 0 aliphatic heterocycles. The van der Waals surface area contributed by atoms with Crippen LogP contribution < -0.4 is 16.0 Å². The number of hydrogen-bond donors (Lipinski definition) is 1. The van der Waals surface area contributed by atoms with E-state index < -0.39 is 11.5 Å². The van der Waals surface area contributed by atoms with Crippen molar-refractivity contribution in [2.45, 2.75) is 6.92 Å². The third kappa shape index (κ3) is 2.67. The second kappa shape index (κ2) is 6.87. The number of rotatable bonds is 4. The number of anilines is 1. The van der Waals surface area contributed by atoms with Crippen molar-refractivity contribution in [3.8, 4) is 16.9 Å². The Kier molecular flexibility index (Phi) is 4.62. The van der Waals surface area contributed by atoms with Crippen molar-refractivity contribution in [3.05, 3.63) is 52.6 Å². The number of aryl methyl sites for hydroxylation is 1. The first-order valence-corrected chi connectivity index (χ1v) is 8.07. The Morgan fingerprint density at radius 3 is 2.73 bits per heavy atom. The van der Waals surface area contributed by atoms with Gasteiger partial charge in [-0.15, -0.1) is 0 Å². The summed E-state index contributed by atoms with van der Waals surface area (Å²) in [6.07, 6.45) is 3.28. The van der Waals surface area contributed by atoms with Gasteiger partial charge in [0.2, 0.25) is 0 Å². The van der Waals surface area contributed by atoms with Crippen LogP contribution in [0.3, 0.4) is 0 Å². The van der Waals surface area contributed by atoms with Gasteiger partial charge in [0.05, 0.1) is 24.9 Å². The molecule has 3 rings (SSSR count). The molecule has 134 valence electrons. The van der Waals surface area contributed by atoms with Gasteiger partial charge in [-0.05, 0) is 13.0 Å². The van der Waals surface area contributed by atoms with E-state index >= 15 is 0 Å². The molecule has 0 saturated heterocycles. The maximum atomic E-state index is 12.8. The number of nitrogens with zero attached hydrogens (tertiary/aromatic N) is 2. The first kappa shape index (κ1) is 17.5. The smallest absolute Gasteiger partial charge is 0.345 e. The van der Waals surface area contributed by atoms with E-state index in [9.17, 15) is 9.59 Å². The number of nitrogens with two attached hydrogens (primary N) is 1. The number of para-hydroxylation sites is 1. The second-order valence-electron chi connectivity index (χ2n) is 5.65. The summed E-state index contributed by atoms with van der Waals surface area (Å²) in [5.74, 6) is -0.107. The van der Waals surface area contributed by atoms with Crippen LogP contribution in [-0.2, 0) is 11.8 Å². The fourth-order valence-corrected chi connectivity index (χ4v) is 3.02. The summed E-state index contributed by atoms with van der Waals surface area (Å²) < 4.78 is 11.8. The van der Waals surface area contributed by atoms with Gasteiger partial charge in [0.1, 0.15) is 11.3 Å². The fourth-order valence-electron chi connectivity index (χ4n) is 3.02. The minimum Gasteiger partial charge on any atom is -0.496 e. The van der Waals surface area contributed by atoms with Gasteiger partial charge in [-0.2, -0.15) is 0 Å². The molecular weight excluding hydrogens is 334 g/mol. The summed E-state index contributed by atoms with van der Waals surface area (Å²) in [7, 11) is 3.16. The minimum absolute atomic E-state index is 0.103. The molecule has 0 unspecified atom stereocenters. The van der Waals surface area contributed by atoms with Crippen molar-refractivity contribution in [1.82, 2.24) is 9.55 Å². The summed E-state index contributed by atoms with van der Waals surface area (Å²) in [5, 5.41) is 0.582. The van der Waals surface area contributed by atoms with Gasteiger partial charge in [0, 0.05) is 36.0 Å². The molecule has 0 fully saturated rings. The highest BCUT2D eigenvalue weighted by Crippen LogP contribution is 2.35. The average molecular weight is 353 g/mol. The molecule has 0 aliphatic carbocycles.